The average molecular weight is 513 g/mol. The molecule has 0 bridgehead atoms. The van der Waals surface area contributed by atoms with Crippen LogP contribution in [0.4, 0.5) is 0 Å². The molecule has 3 rings (SSSR count). The van der Waals surface area contributed by atoms with Gasteiger partial charge in [-0.15, -0.1) is 24.0 Å². The third-order valence-electron chi connectivity index (χ3n) is 4.72. The Balaban J connectivity index is 0.00000300. The summed E-state index contributed by atoms with van der Waals surface area (Å²) in [7, 11) is 2.06. The van der Waals surface area contributed by atoms with Crippen LogP contribution in [0.2, 0.25) is 0 Å². The van der Waals surface area contributed by atoms with Crippen molar-refractivity contribution in [2.24, 2.45) is 4.99 Å². The summed E-state index contributed by atoms with van der Waals surface area (Å²) in [6.07, 6.45) is 6.02. The number of guanidine groups is 1. The zero-order valence-electron chi connectivity index (χ0n) is 17.6. The highest BCUT2D eigenvalue weighted by Gasteiger charge is 2.13. The number of aliphatic imine (C=N–C) groups is 1. The summed E-state index contributed by atoms with van der Waals surface area (Å²) in [5, 5.41) is 3.38. The van der Waals surface area contributed by atoms with Gasteiger partial charge >= 0.3 is 0 Å². The maximum absolute atomic E-state index is 5.69. The van der Waals surface area contributed by atoms with E-state index in [-0.39, 0.29) is 24.0 Å². The van der Waals surface area contributed by atoms with Crippen molar-refractivity contribution in [2.75, 3.05) is 33.4 Å². The number of benzene rings is 1. The van der Waals surface area contributed by atoms with E-state index in [4.69, 9.17) is 14.5 Å². The van der Waals surface area contributed by atoms with Gasteiger partial charge in [0.1, 0.15) is 19.0 Å². The second kappa shape index (κ2) is 11.9. The minimum absolute atomic E-state index is 0. The molecular formula is C21H32IN5O2. The van der Waals surface area contributed by atoms with Gasteiger partial charge in [-0.1, -0.05) is 6.07 Å². The molecular weight excluding hydrogens is 481 g/mol. The molecule has 1 N–H and O–H groups in total. The van der Waals surface area contributed by atoms with Crippen LogP contribution in [0.3, 0.4) is 0 Å². The second-order valence-corrected chi connectivity index (χ2v) is 6.94. The van der Waals surface area contributed by atoms with E-state index in [9.17, 15) is 0 Å². The first-order valence-corrected chi connectivity index (χ1v) is 10.0. The van der Waals surface area contributed by atoms with Crippen molar-refractivity contribution in [2.45, 2.75) is 39.8 Å². The van der Waals surface area contributed by atoms with Crippen LogP contribution in [0.1, 0.15) is 31.2 Å². The van der Waals surface area contributed by atoms with Gasteiger partial charge in [0, 0.05) is 45.6 Å². The minimum atomic E-state index is 0. The molecule has 0 saturated carbocycles. The lowest BCUT2D eigenvalue weighted by molar-refractivity contribution is 0.171. The average Bonchev–Trinajstić information content (AvgIpc) is 3.11. The number of ether oxygens (including phenoxy) is 2. The number of halogens is 1. The number of rotatable bonds is 8. The van der Waals surface area contributed by atoms with Crippen molar-refractivity contribution in [1.82, 2.24) is 19.8 Å². The molecule has 0 amide bonds. The van der Waals surface area contributed by atoms with Gasteiger partial charge in [-0.25, -0.2) is 4.98 Å². The van der Waals surface area contributed by atoms with Gasteiger partial charge < -0.3 is 24.3 Å². The molecule has 1 aliphatic rings. The highest BCUT2D eigenvalue weighted by molar-refractivity contribution is 14.0. The quantitative estimate of drug-likeness (QED) is 0.254. The zero-order chi connectivity index (χ0) is 19.8. The number of aromatic nitrogens is 2. The maximum atomic E-state index is 5.69. The van der Waals surface area contributed by atoms with Gasteiger partial charge in [0.05, 0.1) is 0 Å². The Morgan fingerprint density at radius 1 is 1.24 bits per heavy atom. The number of nitrogens with zero attached hydrogens (tertiary/aromatic N) is 4. The van der Waals surface area contributed by atoms with Gasteiger partial charge in [-0.05, 0) is 44.4 Å². The fourth-order valence-electron chi connectivity index (χ4n) is 3.22. The smallest absolute Gasteiger partial charge is 0.193 e. The SMILES string of the molecule is CCNC(=NCCCCn1ccnc1C)N(C)Cc1ccc2c(c1)OCCO2.I. The molecule has 0 unspecified atom stereocenters. The van der Waals surface area contributed by atoms with E-state index in [1.165, 1.54) is 5.56 Å². The molecule has 0 saturated heterocycles. The molecule has 8 heteroatoms. The first-order chi connectivity index (χ1) is 13.7. The van der Waals surface area contributed by atoms with E-state index >= 15 is 0 Å². The summed E-state index contributed by atoms with van der Waals surface area (Å²) in [5.74, 6) is 3.65. The van der Waals surface area contributed by atoms with E-state index in [1.807, 2.05) is 25.4 Å². The maximum Gasteiger partial charge on any atom is 0.193 e. The van der Waals surface area contributed by atoms with Crippen molar-refractivity contribution in [3.8, 4) is 11.5 Å². The fraction of sp³-hybridized carbons (Fsp3) is 0.524. The number of hydrogen-bond donors (Lipinski definition) is 1. The van der Waals surface area contributed by atoms with Crippen LogP contribution in [-0.4, -0.2) is 53.8 Å². The molecule has 7 nitrogen and oxygen atoms in total. The number of aryl methyl sites for hydroxylation is 2. The van der Waals surface area contributed by atoms with Crippen molar-refractivity contribution in [3.05, 3.63) is 42.0 Å². The van der Waals surface area contributed by atoms with Crippen molar-refractivity contribution >= 4 is 29.9 Å². The number of nitrogens with one attached hydrogen (secondary N) is 1. The monoisotopic (exact) mass is 513 g/mol. The van der Waals surface area contributed by atoms with E-state index in [0.717, 1.165) is 62.3 Å². The summed E-state index contributed by atoms with van der Waals surface area (Å²) in [6, 6.07) is 6.13. The largest absolute Gasteiger partial charge is 0.486 e. The van der Waals surface area contributed by atoms with Crippen LogP contribution in [0.5, 0.6) is 11.5 Å². The summed E-state index contributed by atoms with van der Waals surface area (Å²) in [4.78, 5) is 11.2. The topological polar surface area (TPSA) is 63.9 Å². The Morgan fingerprint density at radius 2 is 2.03 bits per heavy atom. The predicted molar refractivity (Wildman–Crippen MR) is 126 cm³/mol. The molecule has 0 atom stereocenters. The van der Waals surface area contributed by atoms with Crippen molar-refractivity contribution in [1.29, 1.82) is 0 Å². The first kappa shape index (κ1) is 23.3. The van der Waals surface area contributed by atoms with Crippen LogP contribution >= 0.6 is 24.0 Å². The summed E-state index contributed by atoms with van der Waals surface area (Å²) in [5.41, 5.74) is 1.17. The number of hydrogen-bond acceptors (Lipinski definition) is 4. The lowest BCUT2D eigenvalue weighted by Crippen LogP contribution is -2.38. The lowest BCUT2D eigenvalue weighted by atomic mass is 10.2. The molecule has 1 aromatic carbocycles. The Morgan fingerprint density at radius 3 is 2.76 bits per heavy atom. The third-order valence-corrected chi connectivity index (χ3v) is 4.72. The Labute approximate surface area is 190 Å². The third kappa shape index (κ3) is 6.80. The van der Waals surface area contributed by atoms with Crippen LogP contribution in [0.25, 0.3) is 0 Å². The van der Waals surface area contributed by atoms with Crippen LogP contribution in [0, 0.1) is 6.92 Å². The van der Waals surface area contributed by atoms with E-state index in [1.54, 1.807) is 0 Å². The van der Waals surface area contributed by atoms with E-state index < -0.39 is 0 Å². The molecule has 0 spiro atoms. The highest BCUT2D eigenvalue weighted by atomic mass is 127. The normalized spacial score (nSPS) is 13.0. The van der Waals surface area contributed by atoms with Gasteiger partial charge in [-0.2, -0.15) is 0 Å². The number of fused-ring (bicyclic) bond motifs is 1. The fourth-order valence-corrected chi connectivity index (χ4v) is 3.22. The van der Waals surface area contributed by atoms with Crippen molar-refractivity contribution in [3.63, 3.8) is 0 Å². The molecule has 0 aliphatic carbocycles. The molecule has 160 valence electrons. The number of imidazole rings is 1. The zero-order valence-corrected chi connectivity index (χ0v) is 19.9. The van der Waals surface area contributed by atoms with Gasteiger partial charge in [-0.3, -0.25) is 4.99 Å². The molecule has 1 aliphatic heterocycles. The Kier molecular flexibility index (Phi) is 9.56. The molecule has 0 radical (unpaired) electrons. The highest BCUT2D eigenvalue weighted by Crippen LogP contribution is 2.31. The first-order valence-electron chi connectivity index (χ1n) is 10.0. The standard InChI is InChI=1S/C21H31N5O2.HI/c1-4-22-21(24-9-5-6-11-26-12-10-23-17(26)2)25(3)16-18-7-8-19-20(15-18)28-14-13-27-19;/h7-8,10,12,15H,4-6,9,11,13-14,16H2,1-3H3,(H,22,24);1H. The van der Waals surface area contributed by atoms with E-state index in [2.05, 4.69) is 45.9 Å². The minimum Gasteiger partial charge on any atom is -0.486 e. The Bertz CT molecular complexity index is 793. The van der Waals surface area contributed by atoms with Gasteiger partial charge in [0.25, 0.3) is 0 Å². The van der Waals surface area contributed by atoms with Crippen LogP contribution in [0.15, 0.2) is 35.6 Å². The lowest BCUT2D eigenvalue weighted by Gasteiger charge is -2.24. The van der Waals surface area contributed by atoms with Crippen molar-refractivity contribution < 1.29 is 9.47 Å². The van der Waals surface area contributed by atoms with E-state index in [0.29, 0.717) is 13.2 Å². The van der Waals surface area contributed by atoms with Gasteiger partial charge in [0.15, 0.2) is 17.5 Å². The van der Waals surface area contributed by atoms with Crippen LogP contribution < -0.4 is 14.8 Å². The molecule has 2 aromatic rings. The molecule has 2 heterocycles. The Hall–Kier alpha value is -1.97. The predicted octanol–water partition coefficient (Wildman–Crippen LogP) is 3.46. The second-order valence-electron chi connectivity index (χ2n) is 6.94. The summed E-state index contributed by atoms with van der Waals surface area (Å²) < 4.78 is 13.5. The van der Waals surface area contributed by atoms with Gasteiger partial charge in [0.2, 0.25) is 0 Å². The number of unbranched alkanes of at least 4 members (excludes halogenated alkanes) is 1. The summed E-state index contributed by atoms with van der Waals surface area (Å²) in [6.45, 7) is 8.75. The molecule has 1 aromatic heterocycles. The summed E-state index contributed by atoms with van der Waals surface area (Å²) >= 11 is 0. The van der Waals surface area contributed by atoms with Crippen LogP contribution in [-0.2, 0) is 13.1 Å². The molecule has 29 heavy (non-hydrogen) atoms. The molecule has 0 fully saturated rings.